The quantitative estimate of drug-likeness (QED) is 0.701. The van der Waals surface area contributed by atoms with Crippen LogP contribution in [0.4, 0.5) is 4.79 Å². The Bertz CT molecular complexity index is 299. The van der Waals surface area contributed by atoms with Gasteiger partial charge in [-0.3, -0.25) is 4.79 Å². The molecule has 0 radical (unpaired) electrons. The first kappa shape index (κ1) is 16.8. The molecule has 3 N–H and O–H groups in total. The first-order valence-corrected chi connectivity index (χ1v) is 7.88. The van der Waals surface area contributed by atoms with Gasteiger partial charge < -0.3 is 15.7 Å². The highest BCUT2D eigenvalue weighted by Gasteiger charge is 2.16. The predicted molar refractivity (Wildman–Crippen MR) is 78.7 cm³/mol. The van der Waals surface area contributed by atoms with Crippen molar-refractivity contribution in [1.29, 1.82) is 0 Å². The maximum atomic E-state index is 11.8. The molecule has 1 unspecified atom stereocenters. The van der Waals surface area contributed by atoms with Crippen molar-refractivity contribution in [3.8, 4) is 0 Å². The van der Waals surface area contributed by atoms with Gasteiger partial charge in [0.05, 0.1) is 0 Å². The second-order valence-electron chi connectivity index (χ2n) is 5.77. The van der Waals surface area contributed by atoms with Gasteiger partial charge in [0.2, 0.25) is 0 Å². The van der Waals surface area contributed by atoms with Crippen molar-refractivity contribution in [2.45, 2.75) is 70.8 Å². The summed E-state index contributed by atoms with van der Waals surface area (Å²) in [4.78, 5) is 22.5. The molecule has 1 aliphatic rings. The summed E-state index contributed by atoms with van der Waals surface area (Å²) in [6, 6.07) is 0.120. The fraction of sp³-hybridized carbons (Fsp3) is 0.867. The van der Waals surface area contributed by atoms with Crippen molar-refractivity contribution in [3.05, 3.63) is 0 Å². The van der Waals surface area contributed by atoms with Crippen LogP contribution >= 0.6 is 0 Å². The van der Waals surface area contributed by atoms with Gasteiger partial charge in [-0.2, -0.15) is 0 Å². The number of amides is 2. The highest BCUT2D eigenvalue weighted by atomic mass is 16.4. The molecule has 116 valence electrons. The number of carboxylic acids is 1. The summed E-state index contributed by atoms with van der Waals surface area (Å²) >= 11 is 0. The fourth-order valence-electron chi connectivity index (χ4n) is 2.68. The Labute approximate surface area is 121 Å². The molecule has 1 aliphatic carbocycles. The van der Waals surface area contributed by atoms with Gasteiger partial charge in [0.1, 0.15) is 0 Å². The molecule has 0 bridgehead atoms. The third kappa shape index (κ3) is 7.36. The number of carbonyl (C=O) groups excluding carboxylic acids is 1. The number of hydrogen-bond donors (Lipinski definition) is 3. The van der Waals surface area contributed by atoms with E-state index >= 15 is 0 Å². The Morgan fingerprint density at radius 3 is 2.30 bits per heavy atom. The maximum Gasteiger partial charge on any atom is 0.315 e. The summed E-state index contributed by atoms with van der Waals surface area (Å²) < 4.78 is 0. The molecule has 2 amide bonds. The van der Waals surface area contributed by atoms with Crippen LogP contribution in [-0.4, -0.2) is 29.7 Å². The smallest absolute Gasteiger partial charge is 0.315 e. The van der Waals surface area contributed by atoms with Crippen LogP contribution in [-0.2, 0) is 4.79 Å². The zero-order valence-corrected chi connectivity index (χ0v) is 12.5. The van der Waals surface area contributed by atoms with Crippen LogP contribution in [0.1, 0.15) is 64.7 Å². The Hall–Kier alpha value is -1.26. The summed E-state index contributed by atoms with van der Waals surface area (Å²) in [5, 5.41) is 14.6. The number of aliphatic carboxylic acids is 1. The van der Waals surface area contributed by atoms with E-state index < -0.39 is 5.97 Å². The molecular formula is C15H28N2O3. The molecule has 20 heavy (non-hydrogen) atoms. The minimum atomic E-state index is -0.806. The normalized spacial score (nSPS) is 18.6. The number of hydrogen-bond acceptors (Lipinski definition) is 2. The number of rotatable bonds is 6. The summed E-state index contributed by atoms with van der Waals surface area (Å²) in [5.41, 5.74) is 0. The average Bonchev–Trinajstić information content (AvgIpc) is 2.37. The van der Waals surface area contributed by atoms with Gasteiger partial charge in [-0.05, 0) is 18.8 Å². The molecule has 0 heterocycles. The zero-order valence-electron chi connectivity index (χ0n) is 12.5. The second-order valence-corrected chi connectivity index (χ2v) is 5.77. The topological polar surface area (TPSA) is 78.4 Å². The Morgan fingerprint density at radius 1 is 1.15 bits per heavy atom. The first-order valence-electron chi connectivity index (χ1n) is 7.88. The molecule has 0 aliphatic heterocycles. The van der Waals surface area contributed by atoms with Gasteiger partial charge >= 0.3 is 12.0 Å². The molecule has 0 aromatic carbocycles. The van der Waals surface area contributed by atoms with E-state index in [1.54, 1.807) is 0 Å². The van der Waals surface area contributed by atoms with Crippen LogP contribution in [0.2, 0.25) is 0 Å². The molecule has 1 rings (SSSR count). The predicted octanol–water partition coefficient (Wildman–Crippen LogP) is 2.90. The van der Waals surface area contributed by atoms with Crippen molar-refractivity contribution in [3.63, 3.8) is 0 Å². The molecular weight excluding hydrogens is 256 g/mol. The monoisotopic (exact) mass is 284 g/mol. The number of carboxylic acid groups (broad SMARTS) is 1. The number of carbonyl (C=O) groups is 2. The molecule has 5 nitrogen and oxygen atoms in total. The molecule has 1 saturated carbocycles. The zero-order chi connectivity index (χ0) is 14.8. The van der Waals surface area contributed by atoms with Crippen molar-refractivity contribution >= 4 is 12.0 Å². The third-order valence-electron chi connectivity index (χ3n) is 4.03. The van der Waals surface area contributed by atoms with Gasteiger partial charge in [-0.1, -0.05) is 45.4 Å². The van der Waals surface area contributed by atoms with Gasteiger partial charge in [0, 0.05) is 19.0 Å². The highest BCUT2D eigenvalue weighted by molar-refractivity contribution is 5.74. The summed E-state index contributed by atoms with van der Waals surface area (Å²) in [6.07, 6.45) is 9.18. The minimum Gasteiger partial charge on any atom is -0.481 e. The molecule has 0 aromatic rings. The molecule has 1 fully saturated rings. The Kier molecular flexibility index (Phi) is 8.07. The lowest BCUT2D eigenvalue weighted by Gasteiger charge is -2.22. The van der Waals surface area contributed by atoms with E-state index in [4.69, 9.17) is 5.11 Å². The van der Waals surface area contributed by atoms with E-state index in [-0.39, 0.29) is 24.4 Å². The van der Waals surface area contributed by atoms with Crippen LogP contribution < -0.4 is 10.6 Å². The van der Waals surface area contributed by atoms with Gasteiger partial charge in [0.25, 0.3) is 0 Å². The van der Waals surface area contributed by atoms with Gasteiger partial charge in [-0.25, -0.2) is 4.79 Å². The van der Waals surface area contributed by atoms with E-state index in [0.29, 0.717) is 6.54 Å². The maximum absolute atomic E-state index is 11.8. The van der Waals surface area contributed by atoms with E-state index in [0.717, 1.165) is 19.3 Å². The number of nitrogens with one attached hydrogen (secondary N) is 2. The minimum absolute atomic E-state index is 0.00980. The van der Waals surface area contributed by atoms with Crippen molar-refractivity contribution in [2.24, 2.45) is 5.92 Å². The first-order chi connectivity index (χ1) is 9.61. The van der Waals surface area contributed by atoms with Crippen molar-refractivity contribution in [2.75, 3.05) is 6.54 Å². The van der Waals surface area contributed by atoms with E-state index in [2.05, 4.69) is 10.6 Å². The SMILES string of the molecule is CCC(CNC(=O)NC1CCCCCCC1)CC(=O)O. The molecule has 5 heteroatoms. The lowest BCUT2D eigenvalue weighted by Crippen LogP contribution is -2.44. The summed E-state index contributed by atoms with van der Waals surface area (Å²) in [7, 11) is 0. The standard InChI is InChI=1S/C15H28N2O3/c1-2-12(10-14(18)19)11-16-15(20)17-13-8-6-4-3-5-7-9-13/h12-13H,2-11H2,1H3,(H,18,19)(H2,16,17,20). The molecule has 1 atom stereocenters. The van der Waals surface area contributed by atoms with Crippen LogP contribution in [0.5, 0.6) is 0 Å². The van der Waals surface area contributed by atoms with E-state index in [9.17, 15) is 9.59 Å². The summed E-state index contributed by atoms with van der Waals surface area (Å²) in [6.45, 7) is 2.38. The lowest BCUT2D eigenvalue weighted by molar-refractivity contribution is -0.138. The Balaban J connectivity index is 2.25. The van der Waals surface area contributed by atoms with E-state index in [1.165, 1.54) is 32.1 Å². The average molecular weight is 284 g/mol. The van der Waals surface area contributed by atoms with Crippen LogP contribution in [0.25, 0.3) is 0 Å². The third-order valence-corrected chi connectivity index (χ3v) is 4.03. The largest absolute Gasteiger partial charge is 0.481 e. The Morgan fingerprint density at radius 2 is 1.75 bits per heavy atom. The fourth-order valence-corrected chi connectivity index (χ4v) is 2.68. The van der Waals surface area contributed by atoms with Gasteiger partial charge in [0.15, 0.2) is 0 Å². The molecule has 0 spiro atoms. The molecule has 0 saturated heterocycles. The van der Waals surface area contributed by atoms with Crippen molar-refractivity contribution < 1.29 is 14.7 Å². The van der Waals surface area contributed by atoms with Crippen LogP contribution in [0.15, 0.2) is 0 Å². The number of urea groups is 1. The summed E-state index contributed by atoms with van der Waals surface area (Å²) in [5.74, 6) is -0.797. The van der Waals surface area contributed by atoms with Gasteiger partial charge in [-0.15, -0.1) is 0 Å². The highest BCUT2D eigenvalue weighted by Crippen LogP contribution is 2.17. The molecule has 0 aromatic heterocycles. The van der Waals surface area contributed by atoms with Crippen molar-refractivity contribution in [1.82, 2.24) is 10.6 Å². The second kappa shape index (κ2) is 9.61. The lowest BCUT2D eigenvalue weighted by atomic mass is 9.97. The van der Waals surface area contributed by atoms with E-state index in [1.807, 2.05) is 6.92 Å². The van der Waals surface area contributed by atoms with Crippen LogP contribution in [0, 0.1) is 5.92 Å². The van der Waals surface area contributed by atoms with Crippen LogP contribution in [0.3, 0.4) is 0 Å².